The van der Waals surface area contributed by atoms with Gasteiger partial charge in [0.05, 0.1) is 13.2 Å². The van der Waals surface area contributed by atoms with E-state index in [9.17, 15) is 45.3 Å². The SMILES string of the molecule is C=CC(=O)OCC(F)(F)OCCCOC(F)(F)COC(=O)C=C.C=CC(=O)OCC(F)(F)OF. The molecule has 16 heteroatoms. The number of alkyl halides is 6. The molecule has 0 saturated carbocycles. The molecule has 0 spiro atoms. The zero-order chi connectivity index (χ0) is 26.8. The molecule has 0 heterocycles. The Bertz CT molecular complexity index is 647. The second kappa shape index (κ2) is 16.6. The molecular weight excluding hydrogens is 493 g/mol. The van der Waals surface area contributed by atoms with E-state index in [1.54, 1.807) is 0 Å². The summed E-state index contributed by atoms with van der Waals surface area (Å²) in [6.45, 7) is 3.60. The zero-order valence-corrected chi connectivity index (χ0v) is 17.4. The molecule has 196 valence electrons. The fraction of sp³-hybridized carbons (Fsp3) is 0.500. The van der Waals surface area contributed by atoms with Crippen LogP contribution in [0.2, 0.25) is 0 Å². The quantitative estimate of drug-likeness (QED) is 0.101. The van der Waals surface area contributed by atoms with E-state index < -0.39 is 69.3 Å². The molecule has 0 amide bonds. The first-order valence-corrected chi connectivity index (χ1v) is 8.72. The van der Waals surface area contributed by atoms with Crippen LogP contribution in [0.25, 0.3) is 0 Å². The zero-order valence-electron chi connectivity index (χ0n) is 17.4. The van der Waals surface area contributed by atoms with E-state index in [4.69, 9.17) is 0 Å². The summed E-state index contributed by atoms with van der Waals surface area (Å²) < 4.78 is 107. The third kappa shape index (κ3) is 19.7. The van der Waals surface area contributed by atoms with Gasteiger partial charge in [0.25, 0.3) is 0 Å². The molecule has 0 fully saturated rings. The van der Waals surface area contributed by atoms with Crippen molar-refractivity contribution in [3.8, 4) is 0 Å². The topological polar surface area (TPSA) is 107 Å². The third-order valence-corrected chi connectivity index (χ3v) is 2.68. The maximum absolute atomic E-state index is 13.0. The van der Waals surface area contributed by atoms with Crippen LogP contribution in [0.1, 0.15) is 6.42 Å². The van der Waals surface area contributed by atoms with Crippen molar-refractivity contribution in [2.24, 2.45) is 0 Å². The lowest BCUT2D eigenvalue weighted by molar-refractivity contribution is -0.364. The Morgan fingerprint density at radius 3 is 1.18 bits per heavy atom. The van der Waals surface area contributed by atoms with E-state index in [1.165, 1.54) is 0 Å². The van der Waals surface area contributed by atoms with Crippen molar-refractivity contribution in [1.29, 1.82) is 0 Å². The van der Waals surface area contributed by atoms with Crippen molar-refractivity contribution >= 4 is 17.9 Å². The average molecular weight is 514 g/mol. The largest absolute Gasteiger partial charge is 0.453 e. The summed E-state index contributed by atoms with van der Waals surface area (Å²) in [6.07, 6.45) is -9.83. The van der Waals surface area contributed by atoms with E-state index in [1.807, 2.05) is 0 Å². The van der Waals surface area contributed by atoms with Gasteiger partial charge in [0.1, 0.15) is 0 Å². The van der Waals surface area contributed by atoms with Crippen LogP contribution in [-0.4, -0.2) is 69.3 Å². The number of ether oxygens (including phenoxy) is 5. The minimum Gasteiger partial charge on any atom is -0.453 e. The lowest BCUT2D eigenvalue weighted by Gasteiger charge is -2.18. The van der Waals surface area contributed by atoms with E-state index >= 15 is 0 Å². The lowest BCUT2D eigenvalue weighted by atomic mass is 10.5. The predicted molar refractivity (Wildman–Crippen MR) is 97.0 cm³/mol. The van der Waals surface area contributed by atoms with Gasteiger partial charge in [0.15, 0.2) is 19.8 Å². The third-order valence-electron chi connectivity index (χ3n) is 2.68. The van der Waals surface area contributed by atoms with Crippen molar-refractivity contribution in [2.45, 2.75) is 24.7 Å². The number of carbonyl (C=O) groups is 3. The van der Waals surface area contributed by atoms with Gasteiger partial charge in [-0.05, 0) is 10.9 Å². The van der Waals surface area contributed by atoms with Gasteiger partial charge in [-0.3, -0.25) is 0 Å². The number of hydrogen-bond donors (Lipinski definition) is 0. The van der Waals surface area contributed by atoms with Gasteiger partial charge in [-0.15, -0.1) is 4.94 Å². The normalized spacial score (nSPS) is 11.4. The summed E-state index contributed by atoms with van der Waals surface area (Å²) in [5, 5.41) is 0. The summed E-state index contributed by atoms with van der Waals surface area (Å²) in [6, 6.07) is 0. The first kappa shape index (κ1) is 33.2. The molecule has 0 rings (SSSR count). The van der Waals surface area contributed by atoms with Crippen molar-refractivity contribution in [3.63, 3.8) is 0 Å². The Kier molecular flexibility index (Phi) is 16.2. The highest BCUT2D eigenvalue weighted by Gasteiger charge is 2.34. The number of esters is 3. The lowest BCUT2D eigenvalue weighted by Crippen LogP contribution is -2.31. The monoisotopic (exact) mass is 514 g/mol. The number of halogens is 7. The second-order valence-corrected chi connectivity index (χ2v) is 5.48. The van der Waals surface area contributed by atoms with Crippen LogP contribution in [0.15, 0.2) is 38.0 Å². The molecule has 0 saturated heterocycles. The van der Waals surface area contributed by atoms with Crippen LogP contribution in [0.3, 0.4) is 0 Å². The number of carbonyl (C=O) groups excluding carboxylic acids is 3. The molecule has 0 aromatic rings. The van der Waals surface area contributed by atoms with Crippen molar-refractivity contribution in [3.05, 3.63) is 38.0 Å². The van der Waals surface area contributed by atoms with Crippen molar-refractivity contribution < 1.29 is 73.9 Å². The highest BCUT2D eigenvalue weighted by atomic mass is 19.4. The number of rotatable bonds is 16. The molecule has 0 atom stereocenters. The van der Waals surface area contributed by atoms with Gasteiger partial charge >= 0.3 is 36.2 Å². The van der Waals surface area contributed by atoms with Crippen molar-refractivity contribution in [1.82, 2.24) is 0 Å². The van der Waals surface area contributed by atoms with Gasteiger partial charge in [0.2, 0.25) is 0 Å². The van der Waals surface area contributed by atoms with Gasteiger partial charge in [-0.2, -0.15) is 26.3 Å². The minimum atomic E-state index is -4.08. The molecule has 0 aliphatic rings. The average Bonchev–Trinajstić information content (AvgIpc) is 2.79. The van der Waals surface area contributed by atoms with Crippen LogP contribution in [0, 0.1) is 0 Å². The highest BCUT2D eigenvalue weighted by molar-refractivity contribution is 5.81. The van der Waals surface area contributed by atoms with Gasteiger partial charge in [0, 0.05) is 18.2 Å². The van der Waals surface area contributed by atoms with E-state index in [0.717, 1.165) is 0 Å². The molecule has 0 aromatic heterocycles. The summed E-state index contributed by atoms with van der Waals surface area (Å²) in [4.78, 5) is 33.5. The van der Waals surface area contributed by atoms with E-state index in [0.29, 0.717) is 18.2 Å². The van der Waals surface area contributed by atoms with Crippen LogP contribution in [-0.2, 0) is 43.0 Å². The molecule has 0 aliphatic heterocycles. The maximum Gasteiger partial charge on any atom is 0.419 e. The van der Waals surface area contributed by atoms with Crippen LogP contribution >= 0.6 is 0 Å². The van der Waals surface area contributed by atoms with Crippen LogP contribution in [0.5, 0.6) is 0 Å². The molecule has 9 nitrogen and oxygen atoms in total. The molecule has 0 aromatic carbocycles. The maximum atomic E-state index is 13.0. The van der Waals surface area contributed by atoms with E-state index in [-0.39, 0.29) is 6.42 Å². The second-order valence-electron chi connectivity index (χ2n) is 5.48. The molecule has 0 aliphatic carbocycles. The number of hydrogen-bond acceptors (Lipinski definition) is 9. The van der Waals surface area contributed by atoms with Gasteiger partial charge in [-0.25, -0.2) is 14.4 Å². The first-order chi connectivity index (χ1) is 15.6. The first-order valence-electron chi connectivity index (χ1n) is 8.72. The smallest absolute Gasteiger partial charge is 0.419 e. The van der Waals surface area contributed by atoms with Crippen molar-refractivity contribution in [2.75, 3.05) is 33.0 Å². The Morgan fingerprint density at radius 1 is 0.618 bits per heavy atom. The molecule has 34 heavy (non-hydrogen) atoms. The molecular formula is C18H21F7O9. The highest BCUT2D eigenvalue weighted by Crippen LogP contribution is 2.18. The fourth-order valence-electron chi connectivity index (χ4n) is 1.25. The molecule has 0 N–H and O–H groups in total. The Morgan fingerprint density at radius 2 is 0.912 bits per heavy atom. The summed E-state index contributed by atoms with van der Waals surface area (Å²) >= 11 is 0. The van der Waals surface area contributed by atoms with E-state index in [2.05, 4.69) is 48.4 Å². The summed E-state index contributed by atoms with van der Waals surface area (Å²) in [5.41, 5.74) is 0. The minimum absolute atomic E-state index is 0.296. The predicted octanol–water partition coefficient (Wildman–Crippen LogP) is 3.26. The Hall–Kier alpha value is -2.98. The molecule has 0 unspecified atom stereocenters. The summed E-state index contributed by atoms with van der Waals surface area (Å²) in [5.74, 6) is -3.17. The fourth-order valence-corrected chi connectivity index (χ4v) is 1.25. The summed E-state index contributed by atoms with van der Waals surface area (Å²) in [7, 11) is 0. The standard InChI is InChI=1S/C13H16F4O6.C5H5F3O3/c1-3-10(18)20-8-12(14,15)22-6-5-7-23-13(16,17)9-21-11(19)4-2;1-2-4(9)10-3-5(6,7)11-8/h3-4H,1-2,5-9H2;2H,1,3H2. The Balaban J connectivity index is 0. The van der Waals surface area contributed by atoms with Crippen LogP contribution < -0.4 is 0 Å². The molecule has 0 radical (unpaired) electrons. The van der Waals surface area contributed by atoms with Gasteiger partial charge < -0.3 is 23.7 Å². The molecule has 0 bridgehead atoms. The Labute approximate surface area is 188 Å². The van der Waals surface area contributed by atoms with Crippen LogP contribution in [0.4, 0.5) is 30.9 Å². The van der Waals surface area contributed by atoms with Gasteiger partial charge in [-0.1, -0.05) is 19.7 Å².